The average Bonchev–Trinajstić information content (AvgIpc) is 2.82. The molecule has 6 heteroatoms. The van der Waals surface area contributed by atoms with E-state index >= 15 is 0 Å². The van der Waals surface area contributed by atoms with Crippen LogP contribution in [0.25, 0.3) is 11.3 Å². The number of fused-ring (bicyclic) bond motifs is 1. The Hall–Kier alpha value is -2.44. The van der Waals surface area contributed by atoms with E-state index < -0.39 is 12.1 Å². The highest BCUT2D eigenvalue weighted by molar-refractivity contribution is 5.82. The summed E-state index contributed by atoms with van der Waals surface area (Å²) in [6.07, 6.45) is 3.20. The topological polar surface area (TPSA) is 91.5 Å². The number of aliphatic hydroxyl groups excluding tert-OH is 1. The summed E-state index contributed by atoms with van der Waals surface area (Å²) >= 11 is 0. The second-order valence-electron chi connectivity index (χ2n) is 11.4. The fraction of sp³-hybridized carbons (Fsp3) is 0.571. The minimum atomic E-state index is -0.886. The number of nitrogens with one attached hydrogen (secondary N) is 1. The van der Waals surface area contributed by atoms with Crippen LogP contribution < -0.4 is 16.0 Å². The van der Waals surface area contributed by atoms with Crippen molar-refractivity contribution in [2.75, 3.05) is 18.0 Å². The van der Waals surface area contributed by atoms with E-state index in [-0.39, 0.29) is 22.8 Å². The lowest BCUT2D eigenvalue weighted by atomic mass is 9.63. The number of amides is 1. The van der Waals surface area contributed by atoms with Crippen molar-refractivity contribution in [2.24, 2.45) is 5.73 Å². The van der Waals surface area contributed by atoms with Crippen LogP contribution in [0, 0.1) is 0 Å². The second kappa shape index (κ2) is 9.31. The van der Waals surface area contributed by atoms with Crippen molar-refractivity contribution < 1.29 is 9.90 Å². The van der Waals surface area contributed by atoms with Crippen LogP contribution >= 0.6 is 0 Å². The van der Waals surface area contributed by atoms with Crippen LogP contribution in [0.1, 0.15) is 71.4 Å². The molecule has 4 rings (SSSR count). The van der Waals surface area contributed by atoms with E-state index in [2.05, 4.69) is 74.3 Å². The third-order valence-electron chi connectivity index (χ3n) is 7.87. The van der Waals surface area contributed by atoms with Crippen molar-refractivity contribution in [3.63, 3.8) is 0 Å². The Kier molecular flexibility index (Phi) is 6.76. The van der Waals surface area contributed by atoms with Crippen LogP contribution in [-0.4, -0.2) is 47.3 Å². The molecule has 34 heavy (non-hydrogen) atoms. The van der Waals surface area contributed by atoms with Gasteiger partial charge in [-0.2, -0.15) is 0 Å². The molecule has 4 N–H and O–H groups in total. The lowest BCUT2D eigenvalue weighted by Gasteiger charge is -2.42. The number of piperidine rings is 1. The van der Waals surface area contributed by atoms with E-state index in [4.69, 9.17) is 10.7 Å². The van der Waals surface area contributed by atoms with Gasteiger partial charge in [0.25, 0.3) is 0 Å². The molecule has 1 saturated heterocycles. The molecule has 0 bridgehead atoms. The number of nitrogens with zero attached hydrogens (tertiary/aromatic N) is 2. The van der Waals surface area contributed by atoms with Gasteiger partial charge in [-0.3, -0.25) is 4.79 Å². The number of rotatable bonds is 5. The molecule has 1 aliphatic carbocycles. The van der Waals surface area contributed by atoms with Gasteiger partial charge in [0, 0.05) is 24.7 Å². The minimum absolute atomic E-state index is 0.0722. The summed E-state index contributed by atoms with van der Waals surface area (Å²) in [4.78, 5) is 19.5. The van der Waals surface area contributed by atoms with Gasteiger partial charge in [-0.15, -0.1) is 0 Å². The van der Waals surface area contributed by atoms with E-state index in [1.54, 1.807) is 0 Å². The van der Waals surface area contributed by atoms with Gasteiger partial charge >= 0.3 is 0 Å². The van der Waals surface area contributed by atoms with Crippen molar-refractivity contribution in [1.29, 1.82) is 0 Å². The monoisotopic (exact) mass is 464 g/mol. The minimum Gasteiger partial charge on any atom is -0.391 e. The van der Waals surface area contributed by atoms with Crippen LogP contribution in [-0.2, 0) is 15.6 Å². The van der Waals surface area contributed by atoms with Crippen LogP contribution in [0.3, 0.4) is 0 Å². The lowest BCUT2D eigenvalue weighted by molar-refractivity contribution is -0.125. The number of aromatic nitrogens is 1. The predicted octanol–water partition coefficient (Wildman–Crippen LogP) is 3.89. The number of pyridine rings is 1. The van der Waals surface area contributed by atoms with Gasteiger partial charge in [0.2, 0.25) is 5.91 Å². The Balaban J connectivity index is 1.48. The first-order chi connectivity index (χ1) is 16.0. The zero-order valence-corrected chi connectivity index (χ0v) is 21.3. The summed E-state index contributed by atoms with van der Waals surface area (Å²) in [5.41, 5.74) is 11.2. The van der Waals surface area contributed by atoms with E-state index in [0.29, 0.717) is 0 Å². The molecule has 1 fully saturated rings. The van der Waals surface area contributed by atoms with Crippen molar-refractivity contribution in [3.05, 3.63) is 47.5 Å². The van der Waals surface area contributed by atoms with E-state index in [1.165, 1.54) is 36.5 Å². The molecule has 1 amide bonds. The zero-order chi connectivity index (χ0) is 24.7. The maximum atomic E-state index is 12.2. The Morgan fingerprint density at radius 2 is 1.74 bits per heavy atom. The fourth-order valence-corrected chi connectivity index (χ4v) is 5.28. The predicted molar refractivity (Wildman–Crippen MR) is 138 cm³/mol. The van der Waals surface area contributed by atoms with Crippen molar-refractivity contribution in [1.82, 2.24) is 10.3 Å². The zero-order valence-electron chi connectivity index (χ0n) is 21.3. The highest BCUT2D eigenvalue weighted by Crippen LogP contribution is 2.46. The highest BCUT2D eigenvalue weighted by Gasteiger charge is 2.37. The van der Waals surface area contributed by atoms with Gasteiger partial charge in [0.15, 0.2) is 0 Å². The Morgan fingerprint density at radius 1 is 1.09 bits per heavy atom. The molecule has 2 heterocycles. The Labute approximate surface area is 204 Å². The Bertz CT molecular complexity index is 1040. The number of anilines is 1. The lowest BCUT2D eigenvalue weighted by Crippen LogP contribution is -2.52. The molecule has 0 spiro atoms. The normalized spacial score (nSPS) is 21.4. The SMILES string of the molecule is C[C@@H](O)[C@H](N)C(=O)NC1CCN(c2cccc(-c3ccc4c(c3)C(C)(C)CCC4(C)C)n2)CC1. The van der Waals surface area contributed by atoms with Crippen LogP contribution in [0.2, 0.25) is 0 Å². The Morgan fingerprint density at radius 3 is 2.38 bits per heavy atom. The molecular weight excluding hydrogens is 424 g/mol. The number of aliphatic hydroxyl groups is 1. The third kappa shape index (κ3) is 4.98. The van der Waals surface area contributed by atoms with Crippen molar-refractivity contribution in [2.45, 2.75) is 89.3 Å². The molecule has 2 aromatic rings. The first-order valence-corrected chi connectivity index (χ1v) is 12.6. The summed E-state index contributed by atoms with van der Waals surface area (Å²) in [5, 5.41) is 12.5. The maximum Gasteiger partial charge on any atom is 0.239 e. The number of benzene rings is 1. The number of nitrogens with two attached hydrogens (primary N) is 1. The molecule has 184 valence electrons. The first kappa shape index (κ1) is 24.7. The first-order valence-electron chi connectivity index (χ1n) is 12.6. The molecule has 1 aromatic heterocycles. The third-order valence-corrected chi connectivity index (χ3v) is 7.87. The van der Waals surface area contributed by atoms with E-state index in [0.717, 1.165) is 37.4 Å². The summed E-state index contributed by atoms with van der Waals surface area (Å²) in [7, 11) is 0. The molecule has 0 unspecified atom stereocenters. The molecule has 0 saturated carbocycles. The number of carbonyl (C=O) groups excluding carboxylic acids is 1. The fourth-order valence-electron chi connectivity index (χ4n) is 5.28. The molecule has 6 nitrogen and oxygen atoms in total. The van der Waals surface area contributed by atoms with Gasteiger partial charge in [-0.1, -0.05) is 45.9 Å². The maximum absolute atomic E-state index is 12.2. The van der Waals surface area contributed by atoms with Gasteiger partial charge in [0.05, 0.1) is 11.8 Å². The molecule has 2 aliphatic rings. The molecular formula is C28H40N4O2. The molecule has 1 aromatic carbocycles. The largest absolute Gasteiger partial charge is 0.391 e. The van der Waals surface area contributed by atoms with Gasteiger partial charge in [-0.25, -0.2) is 4.98 Å². The summed E-state index contributed by atoms with van der Waals surface area (Å²) < 4.78 is 0. The molecule has 2 atom stereocenters. The van der Waals surface area contributed by atoms with Gasteiger partial charge in [-0.05, 0) is 72.8 Å². The number of carbonyl (C=O) groups is 1. The highest BCUT2D eigenvalue weighted by atomic mass is 16.3. The van der Waals surface area contributed by atoms with Gasteiger partial charge < -0.3 is 21.1 Å². The van der Waals surface area contributed by atoms with Gasteiger partial charge in [0.1, 0.15) is 11.9 Å². The average molecular weight is 465 g/mol. The second-order valence-corrected chi connectivity index (χ2v) is 11.4. The standard InChI is InChI=1S/C28H40N4O2/c1-18(33)25(29)26(34)30-20-11-15-32(16-12-20)24-8-6-7-23(31-24)19-9-10-21-22(17-19)28(4,5)14-13-27(21,2)3/h6-10,17-18,20,25,33H,11-16,29H2,1-5H3,(H,30,34)/t18-,25+/m1/s1. The van der Waals surface area contributed by atoms with E-state index in [9.17, 15) is 9.90 Å². The van der Waals surface area contributed by atoms with Crippen LogP contribution in [0.5, 0.6) is 0 Å². The smallest absolute Gasteiger partial charge is 0.239 e. The summed E-state index contributed by atoms with van der Waals surface area (Å²) in [5.74, 6) is 0.687. The number of hydrogen-bond donors (Lipinski definition) is 3. The number of hydrogen-bond acceptors (Lipinski definition) is 5. The summed E-state index contributed by atoms with van der Waals surface area (Å²) in [6, 6.07) is 12.3. The van der Waals surface area contributed by atoms with Crippen LogP contribution in [0.15, 0.2) is 36.4 Å². The van der Waals surface area contributed by atoms with E-state index in [1.807, 2.05) is 0 Å². The van der Waals surface area contributed by atoms with Crippen molar-refractivity contribution >= 4 is 11.7 Å². The quantitative estimate of drug-likeness (QED) is 0.624. The van der Waals surface area contributed by atoms with Crippen molar-refractivity contribution in [3.8, 4) is 11.3 Å². The van der Waals surface area contributed by atoms with Crippen LogP contribution in [0.4, 0.5) is 5.82 Å². The molecule has 1 aliphatic heterocycles. The molecule has 0 radical (unpaired) electrons. The summed E-state index contributed by atoms with van der Waals surface area (Å²) in [6.45, 7) is 12.6.